The van der Waals surface area contributed by atoms with Gasteiger partial charge in [-0.1, -0.05) is 56.3 Å². The molecule has 2 amide bonds. The molecule has 0 bridgehead atoms. The van der Waals surface area contributed by atoms with Crippen LogP contribution in [0.1, 0.15) is 25.8 Å². The van der Waals surface area contributed by atoms with Gasteiger partial charge in [-0.3, -0.25) is 9.59 Å². The van der Waals surface area contributed by atoms with Gasteiger partial charge in [0.2, 0.25) is 11.8 Å². The van der Waals surface area contributed by atoms with Crippen molar-refractivity contribution in [2.24, 2.45) is 5.92 Å². The van der Waals surface area contributed by atoms with Gasteiger partial charge in [0, 0.05) is 17.3 Å². The van der Waals surface area contributed by atoms with E-state index >= 15 is 0 Å². The average molecular weight is 446 g/mol. The minimum atomic E-state index is -0.174. The van der Waals surface area contributed by atoms with E-state index in [1.54, 1.807) is 12.1 Å². The molecule has 0 aliphatic rings. The summed E-state index contributed by atoms with van der Waals surface area (Å²) in [6, 6.07) is 25.0. The van der Waals surface area contributed by atoms with E-state index in [1.165, 1.54) is 5.56 Å². The maximum Gasteiger partial charge on any atom is 0.243 e. The van der Waals surface area contributed by atoms with Crippen LogP contribution in [0.4, 0.5) is 17.1 Å². The third-order valence-corrected chi connectivity index (χ3v) is 5.00. The number of ether oxygens (including phenoxy) is 1. The zero-order chi connectivity index (χ0) is 23.5. The van der Waals surface area contributed by atoms with Crippen LogP contribution in [0.15, 0.2) is 78.9 Å². The summed E-state index contributed by atoms with van der Waals surface area (Å²) in [7, 11) is 0. The van der Waals surface area contributed by atoms with Crippen molar-refractivity contribution >= 4 is 28.9 Å². The molecular formula is C27H31N3O3. The number of aryl methyl sites for hydroxylation is 1. The lowest BCUT2D eigenvalue weighted by atomic mass is 10.1. The summed E-state index contributed by atoms with van der Waals surface area (Å²) in [5, 5.41) is 8.84. The van der Waals surface area contributed by atoms with Gasteiger partial charge in [0.25, 0.3) is 0 Å². The molecule has 6 nitrogen and oxygen atoms in total. The molecule has 0 aliphatic heterocycles. The second-order valence-corrected chi connectivity index (χ2v) is 8.06. The van der Waals surface area contributed by atoms with E-state index < -0.39 is 0 Å². The number of carbonyl (C=O) groups excluding carboxylic acids is 2. The Hall–Kier alpha value is -3.80. The van der Waals surface area contributed by atoms with Crippen molar-refractivity contribution in [2.75, 3.05) is 29.1 Å². The Balaban J connectivity index is 1.45. The average Bonchev–Trinajstić information content (AvgIpc) is 2.83. The van der Waals surface area contributed by atoms with Crippen LogP contribution in [0.2, 0.25) is 0 Å². The molecule has 0 saturated carbocycles. The summed E-state index contributed by atoms with van der Waals surface area (Å²) < 4.78 is 5.91. The van der Waals surface area contributed by atoms with E-state index in [0.29, 0.717) is 18.0 Å². The minimum Gasteiger partial charge on any atom is -0.491 e. The van der Waals surface area contributed by atoms with E-state index in [4.69, 9.17) is 4.74 Å². The molecule has 6 heteroatoms. The molecule has 3 N–H and O–H groups in total. The van der Waals surface area contributed by atoms with Gasteiger partial charge in [-0.05, 0) is 54.8 Å². The number of hydrogen-bond donors (Lipinski definition) is 3. The van der Waals surface area contributed by atoms with Gasteiger partial charge in [0.15, 0.2) is 0 Å². The standard InChI is InChI=1S/C27H31N3O3/c1-20(2)27(32)29-23-16-14-22(15-17-23)28-19-26(31)30-24-12-6-7-13-25(24)33-18-8-11-21-9-4-3-5-10-21/h3-7,9-10,12-17,20,28H,8,11,18-19H2,1-2H3,(H,29,32)(H,30,31). The summed E-state index contributed by atoms with van der Waals surface area (Å²) in [6.07, 6.45) is 1.83. The highest BCUT2D eigenvalue weighted by atomic mass is 16.5. The van der Waals surface area contributed by atoms with Crippen LogP contribution in [0.5, 0.6) is 5.75 Å². The Labute approximate surface area is 195 Å². The number of rotatable bonds is 11. The molecule has 0 aliphatic carbocycles. The molecule has 3 aromatic rings. The minimum absolute atomic E-state index is 0.0314. The monoisotopic (exact) mass is 445 g/mol. The second kappa shape index (κ2) is 12.3. The molecule has 0 radical (unpaired) electrons. The van der Waals surface area contributed by atoms with Crippen LogP contribution in [-0.2, 0) is 16.0 Å². The maximum atomic E-state index is 12.5. The highest BCUT2D eigenvalue weighted by molar-refractivity contribution is 5.95. The van der Waals surface area contributed by atoms with Gasteiger partial charge >= 0.3 is 0 Å². The molecule has 3 rings (SSSR count). The third kappa shape index (κ3) is 8.00. The highest BCUT2D eigenvalue weighted by Gasteiger charge is 2.09. The zero-order valence-corrected chi connectivity index (χ0v) is 19.1. The SMILES string of the molecule is CC(C)C(=O)Nc1ccc(NCC(=O)Nc2ccccc2OCCCc2ccccc2)cc1. The smallest absolute Gasteiger partial charge is 0.243 e. The van der Waals surface area contributed by atoms with Gasteiger partial charge in [0.05, 0.1) is 18.8 Å². The number of amides is 2. The summed E-state index contributed by atoms with van der Waals surface area (Å²) in [4.78, 5) is 24.2. The summed E-state index contributed by atoms with van der Waals surface area (Å²) >= 11 is 0. The Morgan fingerprint density at radius 3 is 2.21 bits per heavy atom. The number of hydrogen-bond acceptors (Lipinski definition) is 4. The lowest BCUT2D eigenvalue weighted by Crippen LogP contribution is -2.22. The van der Waals surface area contributed by atoms with Crippen molar-refractivity contribution in [3.05, 3.63) is 84.4 Å². The van der Waals surface area contributed by atoms with Gasteiger partial charge in [-0.15, -0.1) is 0 Å². The van der Waals surface area contributed by atoms with E-state index in [9.17, 15) is 9.59 Å². The van der Waals surface area contributed by atoms with E-state index in [2.05, 4.69) is 28.1 Å². The van der Waals surface area contributed by atoms with Crippen LogP contribution < -0.4 is 20.7 Å². The normalized spacial score (nSPS) is 10.5. The second-order valence-electron chi connectivity index (χ2n) is 8.06. The number of anilines is 3. The molecule has 0 heterocycles. The lowest BCUT2D eigenvalue weighted by Gasteiger charge is -2.13. The maximum absolute atomic E-state index is 12.5. The van der Waals surface area contributed by atoms with Crippen molar-refractivity contribution in [3.63, 3.8) is 0 Å². The van der Waals surface area contributed by atoms with Crippen LogP contribution in [-0.4, -0.2) is 25.0 Å². The van der Waals surface area contributed by atoms with Crippen molar-refractivity contribution in [1.29, 1.82) is 0 Å². The molecule has 172 valence electrons. The van der Waals surface area contributed by atoms with E-state index in [-0.39, 0.29) is 24.3 Å². The van der Waals surface area contributed by atoms with Crippen molar-refractivity contribution in [2.45, 2.75) is 26.7 Å². The fourth-order valence-electron chi connectivity index (χ4n) is 3.13. The van der Waals surface area contributed by atoms with Gasteiger partial charge < -0.3 is 20.7 Å². The highest BCUT2D eigenvalue weighted by Crippen LogP contribution is 2.24. The Morgan fingerprint density at radius 2 is 1.48 bits per heavy atom. The molecular weight excluding hydrogens is 414 g/mol. The van der Waals surface area contributed by atoms with Crippen LogP contribution in [0.25, 0.3) is 0 Å². The largest absolute Gasteiger partial charge is 0.491 e. The predicted molar refractivity (Wildman–Crippen MR) is 134 cm³/mol. The van der Waals surface area contributed by atoms with Crippen molar-refractivity contribution in [1.82, 2.24) is 0 Å². The summed E-state index contributed by atoms with van der Waals surface area (Å²) in [6.45, 7) is 4.37. The topological polar surface area (TPSA) is 79.5 Å². The van der Waals surface area contributed by atoms with Crippen molar-refractivity contribution in [3.8, 4) is 5.75 Å². The van der Waals surface area contributed by atoms with Gasteiger partial charge in [-0.25, -0.2) is 0 Å². The number of carbonyl (C=O) groups is 2. The van der Waals surface area contributed by atoms with Crippen molar-refractivity contribution < 1.29 is 14.3 Å². The first-order valence-corrected chi connectivity index (χ1v) is 11.2. The molecule has 0 atom stereocenters. The molecule has 0 aromatic heterocycles. The molecule has 0 fully saturated rings. The molecule has 0 saturated heterocycles. The lowest BCUT2D eigenvalue weighted by molar-refractivity contribution is -0.119. The number of nitrogens with one attached hydrogen (secondary N) is 3. The quantitative estimate of drug-likeness (QED) is 0.348. The van der Waals surface area contributed by atoms with Crippen LogP contribution in [0, 0.1) is 5.92 Å². The molecule has 3 aromatic carbocycles. The zero-order valence-electron chi connectivity index (χ0n) is 19.1. The first-order chi connectivity index (χ1) is 16.0. The Bertz CT molecular complexity index is 1030. The van der Waals surface area contributed by atoms with Crippen LogP contribution in [0.3, 0.4) is 0 Å². The molecule has 0 spiro atoms. The predicted octanol–water partition coefficient (Wildman–Crippen LogP) is 5.34. The first-order valence-electron chi connectivity index (χ1n) is 11.2. The van der Waals surface area contributed by atoms with Gasteiger partial charge in [0.1, 0.15) is 5.75 Å². The summed E-state index contributed by atoms with van der Waals surface area (Å²) in [5.74, 6) is 0.370. The molecule has 33 heavy (non-hydrogen) atoms. The van der Waals surface area contributed by atoms with E-state index in [0.717, 1.165) is 24.2 Å². The molecule has 0 unspecified atom stereocenters. The summed E-state index contributed by atoms with van der Waals surface area (Å²) in [5.41, 5.74) is 3.44. The Morgan fingerprint density at radius 1 is 0.818 bits per heavy atom. The number of benzene rings is 3. The van der Waals surface area contributed by atoms with E-state index in [1.807, 2.05) is 68.4 Å². The number of para-hydroxylation sites is 2. The third-order valence-electron chi connectivity index (χ3n) is 5.00. The van der Waals surface area contributed by atoms with Crippen LogP contribution >= 0.6 is 0 Å². The van der Waals surface area contributed by atoms with Gasteiger partial charge in [-0.2, -0.15) is 0 Å². The fourth-order valence-corrected chi connectivity index (χ4v) is 3.13. The fraction of sp³-hybridized carbons (Fsp3) is 0.259. The first kappa shape index (κ1) is 23.9. The Kier molecular flexibility index (Phi) is 8.88.